The van der Waals surface area contributed by atoms with Gasteiger partial charge in [-0.15, -0.1) is 0 Å². The second-order valence-electron chi connectivity index (χ2n) is 17.4. The topological polar surface area (TPSA) is 117 Å². The molecule has 0 aliphatic rings. The summed E-state index contributed by atoms with van der Waals surface area (Å²) in [5.41, 5.74) is 5.39. The lowest BCUT2D eigenvalue weighted by Crippen LogP contribution is -2.28. The third-order valence-electron chi connectivity index (χ3n) is 11.3. The van der Waals surface area contributed by atoms with Crippen LogP contribution in [0.15, 0.2) is 36.5 Å². The van der Waals surface area contributed by atoms with Gasteiger partial charge in [0.05, 0.1) is 19.8 Å². The molecule has 360 valence electrons. The van der Waals surface area contributed by atoms with Crippen LogP contribution in [0.1, 0.15) is 251 Å². The van der Waals surface area contributed by atoms with Crippen LogP contribution in [0.5, 0.6) is 0 Å². The van der Waals surface area contributed by atoms with Gasteiger partial charge in [-0.05, 0) is 51.4 Å². The Hall–Kier alpha value is -1.28. The SMILES string of the molecule is CCCCCCC/C=C\C/C=C\C/C=C\CCCCCCCCCCCCCOCC(COP(=O)(O)OCCN)OC(=O)CCCCCCCCCCCCCCCCCC. The number of nitrogens with two attached hydrogens (primary N) is 1. The average molecular weight is 882 g/mol. The van der Waals surface area contributed by atoms with Gasteiger partial charge >= 0.3 is 13.8 Å². The highest BCUT2D eigenvalue weighted by molar-refractivity contribution is 7.47. The van der Waals surface area contributed by atoms with Gasteiger partial charge in [-0.25, -0.2) is 4.57 Å². The maximum atomic E-state index is 12.6. The van der Waals surface area contributed by atoms with Crippen LogP contribution in [0, 0.1) is 0 Å². The Morgan fingerprint density at radius 1 is 0.492 bits per heavy atom. The minimum Gasteiger partial charge on any atom is -0.457 e. The molecular weight excluding hydrogens is 782 g/mol. The highest BCUT2D eigenvalue weighted by Crippen LogP contribution is 2.43. The van der Waals surface area contributed by atoms with E-state index < -0.39 is 13.9 Å². The molecule has 8 nitrogen and oxygen atoms in total. The molecule has 2 atom stereocenters. The Morgan fingerprint density at radius 3 is 1.30 bits per heavy atom. The molecule has 0 heterocycles. The first-order chi connectivity index (χ1) is 29.9. The molecule has 9 heteroatoms. The predicted octanol–water partition coefficient (Wildman–Crippen LogP) is 16.1. The fourth-order valence-corrected chi connectivity index (χ4v) is 8.24. The third kappa shape index (κ3) is 49.6. The van der Waals surface area contributed by atoms with Crippen molar-refractivity contribution in [2.75, 3.05) is 33.0 Å². The molecule has 3 N–H and O–H groups in total. The first-order valence-corrected chi connectivity index (χ1v) is 27.5. The van der Waals surface area contributed by atoms with Crippen LogP contribution in [-0.2, 0) is 27.9 Å². The van der Waals surface area contributed by atoms with E-state index in [1.54, 1.807) is 0 Å². The molecule has 0 radical (unpaired) electrons. The van der Waals surface area contributed by atoms with Gasteiger partial charge in [-0.3, -0.25) is 13.8 Å². The van der Waals surface area contributed by atoms with Gasteiger partial charge in [0.2, 0.25) is 0 Å². The van der Waals surface area contributed by atoms with Crippen molar-refractivity contribution < 1.29 is 32.8 Å². The lowest BCUT2D eigenvalue weighted by Gasteiger charge is -2.20. The lowest BCUT2D eigenvalue weighted by molar-refractivity contribution is -0.154. The number of esters is 1. The van der Waals surface area contributed by atoms with Crippen molar-refractivity contribution in [3.8, 4) is 0 Å². The van der Waals surface area contributed by atoms with Crippen molar-refractivity contribution in [1.29, 1.82) is 0 Å². The molecular formula is C52H100NO7P. The van der Waals surface area contributed by atoms with Crippen LogP contribution in [0.2, 0.25) is 0 Å². The third-order valence-corrected chi connectivity index (χ3v) is 12.3. The first kappa shape index (κ1) is 59.7. The fraction of sp³-hybridized carbons (Fsp3) is 0.865. The summed E-state index contributed by atoms with van der Waals surface area (Å²) in [5, 5.41) is 0. The number of phosphoric acid groups is 1. The van der Waals surface area contributed by atoms with E-state index in [-0.39, 0.29) is 32.3 Å². The molecule has 0 saturated heterocycles. The van der Waals surface area contributed by atoms with Gasteiger partial charge in [0.1, 0.15) is 6.10 Å². The van der Waals surface area contributed by atoms with E-state index in [0.29, 0.717) is 13.0 Å². The van der Waals surface area contributed by atoms with Gasteiger partial charge in [0, 0.05) is 19.6 Å². The number of carbonyl (C=O) groups excluding carboxylic acids is 1. The number of ether oxygens (including phenoxy) is 2. The standard InChI is InChI=1S/C52H100NO7P/c1-3-5-7-9-11-13-15-17-19-21-22-23-24-25-26-27-28-29-30-32-34-36-38-40-42-44-47-57-49-51(50-59-61(55,56)58-48-46-53)60-52(54)45-43-41-39-37-35-33-31-20-18-16-14-12-10-8-6-4-2/h15,17,21-22,24-25,51H,3-14,16,18-20,23,26-50,53H2,1-2H3,(H,55,56)/b17-15-,22-21-,25-24-. The molecule has 0 saturated carbocycles. The van der Waals surface area contributed by atoms with Crippen LogP contribution in [0.4, 0.5) is 0 Å². The average Bonchev–Trinajstić information content (AvgIpc) is 3.25. The van der Waals surface area contributed by atoms with E-state index in [9.17, 15) is 14.3 Å². The Kier molecular flexibility index (Phi) is 48.7. The van der Waals surface area contributed by atoms with E-state index in [2.05, 4.69) is 50.3 Å². The van der Waals surface area contributed by atoms with Crippen LogP contribution in [-0.4, -0.2) is 49.9 Å². The highest BCUT2D eigenvalue weighted by atomic mass is 31.2. The number of hydrogen-bond acceptors (Lipinski definition) is 7. The van der Waals surface area contributed by atoms with Gasteiger partial charge in [0.15, 0.2) is 0 Å². The van der Waals surface area contributed by atoms with Gasteiger partial charge < -0.3 is 20.1 Å². The second kappa shape index (κ2) is 49.7. The van der Waals surface area contributed by atoms with Crippen molar-refractivity contribution in [3.05, 3.63) is 36.5 Å². The molecule has 0 rings (SSSR count). The van der Waals surface area contributed by atoms with Gasteiger partial charge in [-0.1, -0.05) is 230 Å². The maximum Gasteiger partial charge on any atom is 0.472 e. The number of phosphoric ester groups is 1. The van der Waals surface area contributed by atoms with E-state index in [1.165, 1.54) is 186 Å². The summed E-state index contributed by atoms with van der Waals surface area (Å²) in [6, 6.07) is 0. The molecule has 0 amide bonds. The van der Waals surface area contributed by atoms with Crippen LogP contribution < -0.4 is 5.73 Å². The molecule has 0 fully saturated rings. The molecule has 0 aromatic heterocycles. The Morgan fingerprint density at radius 2 is 0.869 bits per heavy atom. The number of rotatable bonds is 50. The minimum absolute atomic E-state index is 0.0944. The zero-order valence-corrected chi connectivity index (χ0v) is 41.1. The summed E-state index contributed by atoms with van der Waals surface area (Å²) in [7, 11) is -4.28. The normalized spacial score (nSPS) is 13.6. The van der Waals surface area contributed by atoms with Crippen molar-refractivity contribution >= 4 is 13.8 Å². The van der Waals surface area contributed by atoms with E-state index >= 15 is 0 Å². The zero-order valence-electron chi connectivity index (χ0n) is 40.2. The Balaban J connectivity index is 3.90. The van der Waals surface area contributed by atoms with Crippen LogP contribution in [0.25, 0.3) is 0 Å². The molecule has 0 aliphatic carbocycles. The summed E-state index contributed by atoms with van der Waals surface area (Å²) < 4.78 is 33.6. The maximum absolute atomic E-state index is 12.6. The van der Waals surface area contributed by atoms with Crippen molar-refractivity contribution in [2.45, 2.75) is 258 Å². The quantitative estimate of drug-likeness (QED) is 0.0268. The zero-order chi connectivity index (χ0) is 44.4. The molecule has 0 aliphatic heterocycles. The number of allylic oxidation sites excluding steroid dienone is 6. The molecule has 0 spiro atoms. The Bertz CT molecular complexity index is 1040. The first-order valence-electron chi connectivity index (χ1n) is 26.0. The Labute approximate surface area is 378 Å². The second-order valence-corrected chi connectivity index (χ2v) is 18.8. The van der Waals surface area contributed by atoms with E-state index in [4.69, 9.17) is 24.3 Å². The largest absolute Gasteiger partial charge is 0.472 e. The molecule has 61 heavy (non-hydrogen) atoms. The van der Waals surface area contributed by atoms with Crippen molar-refractivity contribution in [1.82, 2.24) is 0 Å². The van der Waals surface area contributed by atoms with Gasteiger partial charge in [-0.2, -0.15) is 0 Å². The smallest absolute Gasteiger partial charge is 0.457 e. The van der Waals surface area contributed by atoms with E-state index in [1.807, 2.05) is 0 Å². The van der Waals surface area contributed by atoms with Crippen molar-refractivity contribution in [3.63, 3.8) is 0 Å². The summed E-state index contributed by atoms with van der Waals surface area (Å²) >= 11 is 0. The molecule has 2 unspecified atom stereocenters. The molecule has 0 aromatic carbocycles. The summed E-state index contributed by atoms with van der Waals surface area (Å²) in [5.74, 6) is -0.327. The number of unbranched alkanes of at least 4 members (excludes halogenated alkanes) is 31. The predicted molar refractivity (Wildman–Crippen MR) is 261 cm³/mol. The molecule has 0 bridgehead atoms. The monoisotopic (exact) mass is 882 g/mol. The summed E-state index contributed by atoms with van der Waals surface area (Å²) in [6.07, 6.45) is 58.9. The van der Waals surface area contributed by atoms with Gasteiger partial charge in [0.25, 0.3) is 0 Å². The lowest BCUT2D eigenvalue weighted by atomic mass is 10.0. The van der Waals surface area contributed by atoms with Crippen LogP contribution >= 0.6 is 7.82 Å². The van der Waals surface area contributed by atoms with E-state index in [0.717, 1.165) is 44.9 Å². The van der Waals surface area contributed by atoms with Crippen molar-refractivity contribution in [2.24, 2.45) is 5.73 Å². The summed E-state index contributed by atoms with van der Waals surface area (Å²) in [6.45, 7) is 4.95. The highest BCUT2D eigenvalue weighted by Gasteiger charge is 2.25. The summed E-state index contributed by atoms with van der Waals surface area (Å²) in [4.78, 5) is 22.6. The van der Waals surface area contributed by atoms with Crippen LogP contribution in [0.3, 0.4) is 0 Å². The fourth-order valence-electron chi connectivity index (χ4n) is 7.48. The number of carbonyl (C=O) groups is 1. The minimum atomic E-state index is -4.28. The number of hydrogen-bond donors (Lipinski definition) is 2. The molecule has 0 aromatic rings.